The molecule has 98 valence electrons. The molecule has 2 nitrogen and oxygen atoms in total. The maximum absolute atomic E-state index is 10.7. The zero-order valence-corrected chi connectivity index (χ0v) is 9.81. The maximum atomic E-state index is 9.87. The van der Waals surface area contributed by atoms with E-state index in [1.807, 2.05) is 17.8 Å². The van der Waals surface area contributed by atoms with Crippen molar-refractivity contribution in [3.05, 3.63) is 18.7 Å². The number of hydrogen-bond acceptors (Lipinski definition) is 0. The van der Waals surface area contributed by atoms with Crippen LogP contribution in [0.2, 0.25) is 0 Å². The zero-order valence-electron chi connectivity index (χ0n) is 8.92. The normalized spacial score (nSPS) is 16.1. The van der Waals surface area contributed by atoms with Gasteiger partial charge in [0.05, 0.1) is 13.1 Å². The fourth-order valence-electron chi connectivity index (χ4n) is 0.775. The van der Waals surface area contributed by atoms with Gasteiger partial charge < -0.3 is 0 Å². The predicted molar refractivity (Wildman–Crippen MR) is 49.6 cm³/mol. The minimum absolute atomic E-state index is 0.575. The molecule has 0 radical (unpaired) electrons. The molecule has 0 saturated heterocycles. The summed E-state index contributed by atoms with van der Waals surface area (Å²) in [6.45, 7) is 4.33. The Morgan fingerprint density at radius 1 is 1.06 bits per heavy atom. The van der Waals surface area contributed by atoms with Crippen LogP contribution in [0.4, 0.5) is 25.2 Å². The molecule has 16 heavy (non-hydrogen) atoms. The van der Waals surface area contributed by atoms with Crippen molar-refractivity contribution in [1.29, 1.82) is 0 Å². The van der Waals surface area contributed by atoms with Crippen LogP contribution in [-0.4, -0.2) is 4.57 Å². The predicted octanol–water partition coefficient (Wildman–Crippen LogP) is 4.28. The number of hydrogen-bond donors (Lipinski definition) is 0. The van der Waals surface area contributed by atoms with E-state index >= 15 is 0 Å². The zero-order chi connectivity index (χ0) is 13.3. The Morgan fingerprint density at radius 3 is 1.56 bits per heavy atom. The number of aryl methyl sites for hydroxylation is 1. The van der Waals surface area contributed by atoms with Crippen molar-refractivity contribution in [2.24, 2.45) is 7.05 Å². The van der Waals surface area contributed by atoms with Crippen molar-refractivity contribution in [3.63, 3.8) is 0 Å². The van der Waals surface area contributed by atoms with E-state index in [1.54, 1.807) is 0 Å². The molecule has 1 aromatic rings. The van der Waals surface area contributed by atoms with E-state index in [-0.39, 0.29) is 0 Å². The van der Waals surface area contributed by atoms with Gasteiger partial charge in [-0.15, -0.1) is 0 Å². The van der Waals surface area contributed by atoms with Crippen molar-refractivity contribution >= 4 is 7.81 Å². The quantitative estimate of drug-likeness (QED) is 0.409. The van der Waals surface area contributed by atoms with Crippen LogP contribution in [-0.2, 0) is 7.05 Å². The molecule has 0 spiro atoms. The van der Waals surface area contributed by atoms with Crippen molar-refractivity contribution < 1.29 is 29.7 Å². The third kappa shape index (κ3) is 13.2. The van der Waals surface area contributed by atoms with Gasteiger partial charge in [-0.05, 0) is 13.8 Å². The third-order valence-electron chi connectivity index (χ3n) is 1.39. The summed E-state index contributed by atoms with van der Waals surface area (Å²) in [7, 11) is -8.63. The van der Waals surface area contributed by atoms with Crippen LogP contribution < -0.4 is 4.57 Å². The van der Waals surface area contributed by atoms with Gasteiger partial charge in [-0.25, -0.2) is 9.13 Å². The average molecular weight is 270 g/mol. The average Bonchev–Trinajstić information content (AvgIpc) is 2.27. The number of halogens is 6. The molecule has 0 amide bonds. The van der Waals surface area contributed by atoms with Crippen molar-refractivity contribution in [2.75, 3.05) is 0 Å². The molecule has 1 heterocycles. The Hall–Kier alpha value is -0.780. The standard InChI is InChI=1S/C7H13N2.F6P/c1-7(2)9-5-4-8(3)6-9;1-7(2,3,4,5)6/h4-7H,1-3H3;/q+1;-1. The number of rotatable bonds is 1. The molecule has 0 aliphatic heterocycles. The number of aromatic nitrogens is 2. The van der Waals surface area contributed by atoms with Gasteiger partial charge in [-0.1, -0.05) is 0 Å². The summed E-state index contributed by atoms with van der Waals surface area (Å²) in [5, 5.41) is 0. The van der Waals surface area contributed by atoms with Crippen molar-refractivity contribution in [3.8, 4) is 0 Å². The van der Waals surface area contributed by atoms with Crippen molar-refractivity contribution in [1.82, 2.24) is 4.57 Å². The first kappa shape index (κ1) is 15.2. The molecule has 0 unspecified atom stereocenters. The Labute approximate surface area is 88.7 Å². The molecule has 0 saturated carbocycles. The molecular weight excluding hydrogens is 257 g/mol. The molecule has 0 aliphatic carbocycles. The first-order valence-electron chi connectivity index (χ1n) is 4.24. The van der Waals surface area contributed by atoms with Crippen molar-refractivity contribution in [2.45, 2.75) is 19.9 Å². The molecule has 1 rings (SSSR count). The minimum atomic E-state index is -10.7. The van der Waals surface area contributed by atoms with Gasteiger partial charge in [-0.2, -0.15) is 0 Å². The molecule has 0 aromatic carbocycles. The second-order valence-electron chi connectivity index (χ2n) is 3.58. The van der Waals surface area contributed by atoms with Crippen LogP contribution in [0.3, 0.4) is 0 Å². The molecule has 1 aromatic heterocycles. The Balaban J connectivity index is 0.000000293. The van der Waals surface area contributed by atoms with Crippen LogP contribution in [0.5, 0.6) is 0 Å². The van der Waals surface area contributed by atoms with E-state index in [0.717, 1.165) is 0 Å². The van der Waals surface area contributed by atoms with Gasteiger partial charge in [0.15, 0.2) is 0 Å². The molecule has 0 bridgehead atoms. The SMILES string of the molecule is CC(C)n1cc[n+](C)c1.F[P-](F)(F)(F)(F)F. The van der Waals surface area contributed by atoms with Gasteiger partial charge in [-0.3, -0.25) is 0 Å². The number of nitrogens with zero attached hydrogens (tertiary/aromatic N) is 2. The van der Waals surface area contributed by atoms with Gasteiger partial charge in [0.25, 0.3) is 0 Å². The summed E-state index contributed by atoms with van der Waals surface area (Å²) in [6.07, 6.45) is 6.19. The monoisotopic (exact) mass is 270 g/mol. The van der Waals surface area contributed by atoms with Gasteiger partial charge in [0.2, 0.25) is 6.33 Å². The fourth-order valence-corrected chi connectivity index (χ4v) is 0.775. The Bertz CT molecular complexity index is 339. The van der Waals surface area contributed by atoms with Crippen LogP contribution in [0.25, 0.3) is 0 Å². The second kappa shape index (κ2) is 3.61. The van der Waals surface area contributed by atoms with E-state index in [9.17, 15) is 25.2 Å². The van der Waals surface area contributed by atoms with Gasteiger partial charge >= 0.3 is 33.0 Å². The summed E-state index contributed by atoms with van der Waals surface area (Å²) in [6, 6.07) is 0.575. The van der Waals surface area contributed by atoms with Crippen LogP contribution in [0.1, 0.15) is 19.9 Å². The molecule has 9 heteroatoms. The molecule has 0 N–H and O–H groups in total. The summed E-state index contributed by atoms with van der Waals surface area (Å²) < 4.78 is 63.4. The molecular formula is C7H13F6N2P. The van der Waals surface area contributed by atoms with Crippen LogP contribution in [0, 0.1) is 0 Å². The summed E-state index contributed by atoms with van der Waals surface area (Å²) in [5.41, 5.74) is 0. The summed E-state index contributed by atoms with van der Waals surface area (Å²) in [5.74, 6) is 0. The summed E-state index contributed by atoms with van der Waals surface area (Å²) in [4.78, 5) is 0. The second-order valence-corrected chi connectivity index (χ2v) is 5.49. The van der Waals surface area contributed by atoms with E-state index < -0.39 is 7.81 Å². The van der Waals surface area contributed by atoms with Crippen LogP contribution >= 0.6 is 7.81 Å². The Morgan fingerprint density at radius 2 is 1.44 bits per heavy atom. The Kier molecular flexibility index (Phi) is 3.44. The molecule has 0 fully saturated rings. The van der Waals surface area contributed by atoms with E-state index in [1.165, 1.54) is 0 Å². The van der Waals surface area contributed by atoms with Gasteiger partial charge in [0, 0.05) is 0 Å². The first-order chi connectivity index (χ1) is 6.65. The third-order valence-corrected chi connectivity index (χ3v) is 1.39. The molecule has 0 atom stereocenters. The molecule has 0 aliphatic rings. The first-order valence-corrected chi connectivity index (χ1v) is 6.27. The van der Waals surface area contributed by atoms with E-state index in [4.69, 9.17) is 0 Å². The number of imidazole rings is 1. The fraction of sp³-hybridized carbons (Fsp3) is 0.571. The van der Waals surface area contributed by atoms with E-state index in [2.05, 4.69) is 30.9 Å². The van der Waals surface area contributed by atoms with Gasteiger partial charge in [0.1, 0.15) is 12.4 Å². The van der Waals surface area contributed by atoms with E-state index in [0.29, 0.717) is 6.04 Å². The van der Waals surface area contributed by atoms with Crippen LogP contribution in [0.15, 0.2) is 18.7 Å². The summed E-state index contributed by atoms with van der Waals surface area (Å²) >= 11 is 0. The topological polar surface area (TPSA) is 8.81 Å².